The second kappa shape index (κ2) is 13.2. The molecule has 1 aliphatic rings. The van der Waals surface area contributed by atoms with Crippen molar-refractivity contribution in [2.45, 2.75) is 25.1 Å². The molecule has 0 spiro atoms. The smallest absolute Gasteiger partial charge is 0.191 e. The summed E-state index contributed by atoms with van der Waals surface area (Å²) in [5, 5.41) is 7.58. The minimum atomic E-state index is -0.912. The van der Waals surface area contributed by atoms with Gasteiger partial charge in [0.1, 0.15) is 0 Å². The fourth-order valence-corrected chi connectivity index (χ4v) is 4.58. The van der Waals surface area contributed by atoms with E-state index in [1.54, 1.807) is 0 Å². The van der Waals surface area contributed by atoms with Crippen LogP contribution >= 0.6 is 35.6 Å². The highest BCUT2D eigenvalue weighted by molar-refractivity contribution is 14.0. The van der Waals surface area contributed by atoms with E-state index in [4.69, 9.17) is 11.6 Å². The Morgan fingerprint density at radius 3 is 2.77 bits per heavy atom. The highest BCUT2D eigenvalue weighted by Crippen LogP contribution is 2.23. The first-order valence-corrected chi connectivity index (χ1v) is 11.9. The van der Waals surface area contributed by atoms with Crippen molar-refractivity contribution >= 4 is 58.0 Å². The maximum Gasteiger partial charge on any atom is 0.191 e. The maximum atomic E-state index is 12.3. The summed E-state index contributed by atoms with van der Waals surface area (Å²) in [6.07, 6.45) is 1.04. The van der Waals surface area contributed by atoms with Crippen LogP contribution in [0.25, 0.3) is 0 Å². The van der Waals surface area contributed by atoms with Crippen molar-refractivity contribution in [1.82, 2.24) is 10.6 Å². The number of nitrogens with one attached hydrogen (secondary N) is 2. The summed E-state index contributed by atoms with van der Waals surface area (Å²) >= 11 is 6.12. The summed E-state index contributed by atoms with van der Waals surface area (Å²) < 4.78 is 12.3. The predicted octanol–water partition coefficient (Wildman–Crippen LogP) is 4.04. The van der Waals surface area contributed by atoms with Gasteiger partial charge in [0.2, 0.25) is 0 Å². The molecule has 1 saturated heterocycles. The molecule has 0 amide bonds. The quantitative estimate of drug-likeness (QED) is 0.291. The van der Waals surface area contributed by atoms with E-state index in [-0.39, 0.29) is 24.0 Å². The molecule has 2 aromatic carbocycles. The standard InChI is InChI=1S/C22H29ClN4OS.HI/c1-2-24-22(25-12-14-29(28)17-18-7-4-3-5-8-18)26-20-11-13-27(16-20)21-10-6-9-19(23)15-21;/h3-10,15,20H,2,11-14,16-17H2,1H3,(H2,24,25,26);1H. The highest BCUT2D eigenvalue weighted by Gasteiger charge is 2.23. The third-order valence-electron chi connectivity index (χ3n) is 4.81. The predicted molar refractivity (Wildman–Crippen MR) is 140 cm³/mol. The normalized spacial score (nSPS) is 17.3. The van der Waals surface area contributed by atoms with Gasteiger partial charge in [-0.25, -0.2) is 0 Å². The van der Waals surface area contributed by atoms with Gasteiger partial charge in [-0.1, -0.05) is 48.0 Å². The molecule has 2 unspecified atom stereocenters. The van der Waals surface area contributed by atoms with E-state index >= 15 is 0 Å². The lowest BCUT2D eigenvalue weighted by Gasteiger charge is -2.20. The molecule has 0 saturated carbocycles. The van der Waals surface area contributed by atoms with Crippen molar-refractivity contribution in [3.63, 3.8) is 0 Å². The van der Waals surface area contributed by atoms with Gasteiger partial charge in [0.25, 0.3) is 0 Å². The lowest BCUT2D eigenvalue weighted by atomic mass is 10.2. The van der Waals surface area contributed by atoms with E-state index in [0.717, 1.165) is 48.3 Å². The lowest BCUT2D eigenvalue weighted by molar-refractivity contribution is 0.650. The number of benzene rings is 2. The van der Waals surface area contributed by atoms with Gasteiger partial charge in [0.15, 0.2) is 5.96 Å². The molecule has 0 radical (unpaired) electrons. The van der Waals surface area contributed by atoms with Crippen molar-refractivity contribution in [1.29, 1.82) is 0 Å². The average molecular weight is 561 g/mol. The van der Waals surface area contributed by atoms with Gasteiger partial charge in [-0.2, -0.15) is 0 Å². The van der Waals surface area contributed by atoms with Gasteiger partial charge in [-0.15, -0.1) is 24.0 Å². The molecule has 8 heteroatoms. The third kappa shape index (κ3) is 8.07. The van der Waals surface area contributed by atoms with Crippen molar-refractivity contribution < 1.29 is 4.21 Å². The van der Waals surface area contributed by atoms with Crippen LogP contribution in [0.2, 0.25) is 5.02 Å². The van der Waals surface area contributed by atoms with E-state index in [1.807, 2.05) is 48.5 Å². The number of rotatable bonds is 8. The fraction of sp³-hybridized carbons (Fsp3) is 0.409. The van der Waals surface area contributed by atoms with Crippen molar-refractivity contribution in [3.8, 4) is 0 Å². The Kier molecular flexibility index (Phi) is 11.0. The Balaban J connectivity index is 0.00000320. The van der Waals surface area contributed by atoms with Gasteiger partial charge in [0.05, 0.1) is 6.54 Å². The molecule has 3 rings (SSSR count). The molecule has 0 aliphatic carbocycles. The van der Waals surface area contributed by atoms with Gasteiger partial charge >= 0.3 is 0 Å². The summed E-state index contributed by atoms with van der Waals surface area (Å²) in [5.41, 5.74) is 2.26. The van der Waals surface area contributed by atoms with Gasteiger partial charge in [-0.05, 0) is 37.1 Å². The summed E-state index contributed by atoms with van der Waals surface area (Å²) in [6.45, 7) is 5.28. The van der Waals surface area contributed by atoms with Crippen LogP contribution in [0.15, 0.2) is 59.6 Å². The lowest BCUT2D eigenvalue weighted by Crippen LogP contribution is -2.44. The number of nitrogens with zero attached hydrogens (tertiary/aromatic N) is 2. The summed E-state index contributed by atoms with van der Waals surface area (Å²) in [6, 6.07) is 18.3. The molecule has 2 atom stereocenters. The third-order valence-corrected chi connectivity index (χ3v) is 6.33. The molecule has 0 bridgehead atoms. The van der Waals surface area contributed by atoms with Crippen LogP contribution in [0.3, 0.4) is 0 Å². The number of aliphatic imine (C=N–C) groups is 1. The Bertz CT molecular complexity index is 837. The zero-order chi connectivity index (χ0) is 20.5. The topological polar surface area (TPSA) is 56.7 Å². The first-order valence-electron chi connectivity index (χ1n) is 10.1. The van der Waals surface area contributed by atoms with E-state index < -0.39 is 10.8 Å². The number of guanidine groups is 1. The van der Waals surface area contributed by atoms with E-state index in [2.05, 4.69) is 33.5 Å². The zero-order valence-corrected chi connectivity index (χ0v) is 21.1. The van der Waals surface area contributed by atoms with Crippen LogP contribution in [-0.2, 0) is 16.6 Å². The highest BCUT2D eigenvalue weighted by atomic mass is 127. The second-order valence-corrected chi connectivity index (χ2v) is 9.10. The molecule has 1 fully saturated rings. The average Bonchev–Trinajstić information content (AvgIpc) is 3.17. The zero-order valence-electron chi connectivity index (χ0n) is 17.2. The first kappa shape index (κ1) is 24.9. The Morgan fingerprint density at radius 2 is 2.03 bits per heavy atom. The molecule has 2 aromatic rings. The fourth-order valence-electron chi connectivity index (χ4n) is 3.39. The summed E-state index contributed by atoms with van der Waals surface area (Å²) in [5.74, 6) is 1.93. The number of anilines is 1. The second-order valence-electron chi connectivity index (χ2n) is 7.09. The SMILES string of the molecule is CCNC(=NCCS(=O)Cc1ccccc1)NC1CCN(c2cccc(Cl)c2)C1.I. The number of halogens is 2. The van der Waals surface area contributed by atoms with Crippen molar-refractivity contribution in [3.05, 3.63) is 65.2 Å². The summed E-state index contributed by atoms with van der Waals surface area (Å²) in [4.78, 5) is 6.97. The number of hydrogen-bond acceptors (Lipinski definition) is 3. The van der Waals surface area contributed by atoms with Crippen molar-refractivity contribution in [2.24, 2.45) is 4.99 Å². The number of hydrogen-bond donors (Lipinski definition) is 2. The largest absolute Gasteiger partial charge is 0.369 e. The van der Waals surface area contributed by atoms with Crippen LogP contribution in [-0.4, -0.2) is 48.1 Å². The van der Waals surface area contributed by atoms with E-state index in [1.165, 1.54) is 0 Å². The van der Waals surface area contributed by atoms with E-state index in [9.17, 15) is 4.21 Å². The first-order chi connectivity index (χ1) is 14.1. The Hall–Kier alpha value is -1.32. The molecule has 30 heavy (non-hydrogen) atoms. The van der Waals surface area contributed by atoms with Crippen LogP contribution in [0.4, 0.5) is 5.69 Å². The molecule has 2 N–H and O–H groups in total. The molecule has 5 nitrogen and oxygen atoms in total. The Labute approximate surface area is 204 Å². The minimum absolute atomic E-state index is 0. The van der Waals surface area contributed by atoms with Gasteiger partial charge in [-0.3, -0.25) is 9.20 Å². The molecule has 1 aliphatic heterocycles. The van der Waals surface area contributed by atoms with Gasteiger partial charge < -0.3 is 15.5 Å². The monoisotopic (exact) mass is 560 g/mol. The minimum Gasteiger partial charge on any atom is -0.369 e. The van der Waals surface area contributed by atoms with Crippen molar-refractivity contribution in [2.75, 3.05) is 36.8 Å². The van der Waals surface area contributed by atoms with Crippen LogP contribution in [0, 0.1) is 0 Å². The maximum absolute atomic E-state index is 12.3. The van der Waals surface area contributed by atoms with E-state index in [0.29, 0.717) is 24.1 Å². The Morgan fingerprint density at radius 1 is 1.23 bits per heavy atom. The molecule has 164 valence electrons. The van der Waals surface area contributed by atoms with Gasteiger partial charge in [0, 0.05) is 58.7 Å². The molecular weight excluding hydrogens is 531 g/mol. The van der Waals surface area contributed by atoms with Crippen LogP contribution in [0.5, 0.6) is 0 Å². The molecule has 1 heterocycles. The van der Waals surface area contributed by atoms with Crippen LogP contribution < -0.4 is 15.5 Å². The summed E-state index contributed by atoms with van der Waals surface area (Å²) in [7, 11) is -0.912. The molecule has 0 aromatic heterocycles. The van der Waals surface area contributed by atoms with Crippen LogP contribution in [0.1, 0.15) is 18.9 Å². The molecular formula is C22H30ClIN4OS.